The SMILES string of the molecule is COc1ccc(CN(C)CC(=O)N2CCOC3CCCCC32)cc1OC(F)F. The van der Waals surface area contributed by atoms with Crippen molar-refractivity contribution in [2.75, 3.05) is 33.9 Å². The van der Waals surface area contributed by atoms with Crippen LogP contribution >= 0.6 is 0 Å². The molecule has 1 aliphatic heterocycles. The van der Waals surface area contributed by atoms with Gasteiger partial charge in [-0.1, -0.05) is 18.9 Å². The molecule has 2 atom stereocenters. The van der Waals surface area contributed by atoms with Gasteiger partial charge in [0, 0.05) is 13.1 Å². The Bertz CT molecular complexity index is 672. The highest BCUT2D eigenvalue weighted by atomic mass is 19.3. The van der Waals surface area contributed by atoms with E-state index < -0.39 is 6.61 Å². The van der Waals surface area contributed by atoms with Gasteiger partial charge in [0.25, 0.3) is 0 Å². The second kappa shape index (κ2) is 9.52. The molecule has 6 nitrogen and oxygen atoms in total. The standard InChI is InChI=1S/C20H28F2N2O4/c1-23(12-14-7-8-17(26-2)18(11-14)28-20(21)22)13-19(25)24-9-10-27-16-6-4-3-5-15(16)24/h7-8,11,15-16,20H,3-6,9-10,12-13H2,1-2H3. The minimum absolute atomic E-state index is 0.00652. The summed E-state index contributed by atoms with van der Waals surface area (Å²) in [4.78, 5) is 16.7. The number of morpholine rings is 1. The molecule has 0 N–H and O–H groups in total. The highest BCUT2D eigenvalue weighted by Gasteiger charge is 2.36. The summed E-state index contributed by atoms with van der Waals surface area (Å²) in [6, 6.07) is 5.08. The molecule has 2 unspecified atom stereocenters. The van der Waals surface area contributed by atoms with Crippen LogP contribution < -0.4 is 9.47 Å². The van der Waals surface area contributed by atoms with Gasteiger partial charge in [0.2, 0.25) is 5.91 Å². The van der Waals surface area contributed by atoms with Crippen LogP contribution in [0.1, 0.15) is 31.2 Å². The second-order valence-electron chi connectivity index (χ2n) is 7.38. The second-order valence-corrected chi connectivity index (χ2v) is 7.38. The third kappa shape index (κ3) is 5.11. The van der Waals surface area contributed by atoms with Gasteiger partial charge in [-0.05, 0) is 37.6 Å². The predicted molar refractivity (Wildman–Crippen MR) is 99.7 cm³/mol. The van der Waals surface area contributed by atoms with Gasteiger partial charge >= 0.3 is 6.61 Å². The number of benzene rings is 1. The minimum atomic E-state index is -2.92. The molecule has 28 heavy (non-hydrogen) atoms. The Morgan fingerprint density at radius 3 is 2.86 bits per heavy atom. The average Bonchev–Trinajstić information content (AvgIpc) is 2.67. The third-order valence-electron chi connectivity index (χ3n) is 5.35. The van der Waals surface area contributed by atoms with Crippen molar-refractivity contribution in [3.05, 3.63) is 23.8 Å². The van der Waals surface area contributed by atoms with Crippen LogP contribution in [0.4, 0.5) is 8.78 Å². The lowest BCUT2D eigenvalue weighted by Crippen LogP contribution is -2.56. The number of amides is 1. The first-order chi connectivity index (χ1) is 13.5. The number of fused-ring (bicyclic) bond motifs is 1. The Hall–Kier alpha value is -1.93. The van der Waals surface area contributed by atoms with Crippen molar-refractivity contribution >= 4 is 5.91 Å². The van der Waals surface area contributed by atoms with E-state index in [-0.39, 0.29) is 36.1 Å². The van der Waals surface area contributed by atoms with E-state index in [4.69, 9.17) is 9.47 Å². The van der Waals surface area contributed by atoms with Crippen molar-refractivity contribution in [3.63, 3.8) is 0 Å². The Labute approximate surface area is 164 Å². The van der Waals surface area contributed by atoms with Crippen LogP contribution in [0.25, 0.3) is 0 Å². The third-order valence-corrected chi connectivity index (χ3v) is 5.35. The van der Waals surface area contributed by atoms with Crippen LogP contribution in [0.2, 0.25) is 0 Å². The normalized spacial score (nSPS) is 22.3. The van der Waals surface area contributed by atoms with E-state index in [1.165, 1.54) is 13.2 Å². The van der Waals surface area contributed by atoms with E-state index in [0.717, 1.165) is 31.2 Å². The molecule has 2 aliphatic rings. The van der Waals surface area contributed by atoms with Gasteiger partial charge in [0.05, 0.1) is 32.4 Å². The smallest absolute Gasteiger partial charge is 0.387 e. The molecule has 1 saturated carbocycles. The highest BCUT2D eigenvalue weighted by Crippen LogP contribution is 2.30. The summed E-state index contributed by atoms with van der Waals surface area (Å²) in [5.41, 5.74) is 0.768. The summed E-state index contributed by atoms with van der Waals surface area (Å²) >= 11 is 0. The predicted octanol–water partition coefficient (Wildman–Crippen LogP) is 2.90. The van der Waals surface area contributed by atoms with Gasteiger partial charge in [0.15, 0.2) is 11.5 Å². The molecule has 8 heteroatoms. The first-order valence-electron chi connectivity index (χ1n) is 9.69. The van der Waals surface area contributed by atoms with Gasteiger partial charge in [-0.3, -0.25) is 9.69 Å². The van der Waals surface area contributed by atoms with E-state index in [1.807, 2.05) is 16.8 Å². The van der Waals surface area contributed by atoms with Crippen LogP contribution in [-0.2, 0) is 16.1 Å². The van der Waals surface area contributed by atoms with Crippen LogP contribution in [0, 0.1) is 0 Å². The fourth-order valence-electron chi connectivity index (χ4n) is 4.10. The Morgan fingerprint density at radius 1 is 1.32 bits per heavy atom. The number of methoxy groups -OCH3 is 1. The number of carbonyl (C=O) groups excluding carboxylic acids is 1. The van der Waals surface area contributed by atoms with E-state index in [1.54, 1.807) is 12.1 Å². The molecule has 0 bridgehead atoms. The average molecular weight is 398 g/mol. The van der Waals surface area contributed by atoms with Crippen LogP contribution in [-0.4, -0.2) is 68.3 Å². The van der Waals surface area contributed by atoms with Gasteiger partial charge in [0.1, 0.15) is 0 Å². The molecule has 2 fully saturated rings. The maximum Gasteiger partial charge on any atom is 0.387 e. The largest absolute Gasteiger partial charge is 0.493 e. The van der Waals surface area contributed by atoms with Gasteiger partial charge in [-0.2, -0.15) is 8.78 Å². The number of nitrogens with zero attached hydrogens (tertiary/aromatic N) is 2. The maximum absolute atomic E-state index is 12.9. The molecule has 0 radical (unpaired) electrons. The van der Waals surface area contributed by atoms with Crippen molar-refractivity contribution in [1.29, 1.82) is 0 Å². The van der Waals surface area contributed by atoms with Crippen LogP contribution in [0.5, 0.6) is 11.5 Å². The molecule has 0 aromatic heterocycles. The summed E-state index contributed by atoms with van der Waals surface area (Å²) in [6.07, 6.45) is 4.45. The van der Waals surface area contributed by atoms with Gasteiger partial charge in [-0.15, -0.1) is 0 Å². The number of hydrogen-bond acceptors (Lipinski definition) is 5. The first kappa shape index (κ1) is 20.8. The zero-order valence-corrected chi connectivity index (χ0v) is 16.4. The maximum atomic E-state index is 12.9. The molecule has 1 amide bonds. The number of carbonyl (C=O) groups is 1. The van der Waals surface area contributed by atoms with Crippen LogP contribution in [0.3, 0.4) is 0 Å². The summed E-state index contributed by atoms with van der Waals surface area (Å²) in [6.45, 7) is -1.01. The van der Waals surface area contributed by atoms with E-state index >= 15 is 0 Å². The van der Waals surface area contributed by atoms with Crippen molar-refractivity contribution in [2.24, 2.45) is 0 Å². The molecule has 0 spiro atoms. The monoisotopic (exact) mass is 398 g/mol. The number of likely N-dealkylation sites (N-methyl/N-ethyl adjacent to an activating group) is 1. The Balaban J connectivity index is 1.60. The summed E-state index contributed by atoms with van der Waals surface area (Å²) in [5, 5.41) is 0. The van der Waals surface area contributed by atoms with E-state index in [0.29, 0.717) is 19.7 Å². The highest BCUT2D eigenvalue weighted by molar-refractivity contribution is 5.78. The Morgan fingerprint density at radius 2 is 2.11 bits per heavy atom. The lowest BCUT2D eigenvalue weighted by molar-refractivity contribution is -0.150. The number of halogens is 2. The summed E-state index contributed by atoms with van der Waals surface area (Å²) in [5.74, 6) is 0.327. The van der Waals surface area contributed by atoms with Crippen molar-refractivity contribution in [2.45, 2.75) is 51.0 Å². The molecule has 156 valence electrons. The fourth-order valence-corrected chi connectivity index (χ4v) is 4.10. The molecule has 1 saturated heterocycles. The van der Waals surface area contributed by atoms with E-state index in [9.17, 15) is 13.6 Å². The van der Waals surface area contributed by atoms with Gasteiger partial charge < -0.3 is 19.1 Å². The minimum Gasteiger partial charge on any atom is -0.493 e. The first-order valence-corrected chi connectivity index (χ1v) is 9.69. The molecule has 1 heterocycles. The zero-order chi connectivity index (χ0) is 20.1. The lowest BCUT2D eigenvalue weighted by Gasteiger charge is -2.44. The van der Waals surface area contributed by atoms with Gasteiger partial charge in [-0.25, -0.2) is 0 Å². The quantitative estimate of drug-likeness (QED) is 0.707. The number of ether oxygens (including phenoxy) is 3. The molecular formula is C20H28F2N2O4. The number of hydrogen-bond donors (Lipinski definition) is 0. The molecular weight excluding hydrogens is 370 g/mol. The van der Waals surface area contributed by atoms with Crippen molar-refractivity contribution < 1.29 is 27.8 Å². The van der Waals surface area contributed by atoms with Crippen LogP contribution in [0.15, 0.2) is 18.2 Å². The summed E-state index contributed by atoms with van der Waals surface area (Å²) < 4.78 is 40.6. The summed E-state index contributed by atoms with van der Waals surface area (Å²) in [7, 11) is 3.24. The van der Waals surface area contributed by atoms with Crippen molar-refractivity contribution in [1.82, 2.24) is 9.80 Å². The topological polar surface area (TPSA) is 51.2 Å². The zero-order valence-electron chi connectivity index (χ0n) is 16.4. The molecule has 1 aromatic carbocycles. The number of alkyl halides is 2. The lowest BCUT2D eigenvalue weighted by atomic mass is 9.90. The molecule has 1 aromatic rings. The fraction of sp³-hybridized carbons (Fsp3) is 0.650. The molecule has 3 rings (SSSR count). The van der Waals surface area contributed by atoms with E-state index in [2.05, 4.69) is 4.74 Å². The molecule has 1 aliphatic carbocycles. The van der Waals surface area contributed by atoms with Crippen molar-refractivity contribution in [3.8, 4) is 11.5 Å². The Kier molecular flexibility index (Phi) is 7.07. The number of rotatable bonds is 7.